The number of nitrogens with one attached hydrogen (secondary N) is 1. The third kappa shape index (κ3) is 4.93. The SMILES string of the molecule is COc1cc2c(Nc3ccc(Br)c(Cl)c3F)ncnc2cc1OC[C@H]1C[C@@H]2CN(C(C)C)C[C@@H]2C1. The minimum atomic E-state index is -0.558. The van der Waals surface area contributed by atoms with Crippen LogP contribution in [0.4, 0.5) is 15.9 Å². The highest BCUT2D eigenvalue weighted by Crippen LogP contribution is 2.43. The predicted octanol–water partition coefficient (Wildman–Crippen LogP) is 6.68. The number of rotatable bonds is 7. The van der Waals surface area contributed by atoms with Gasteiger partial charge < -0.3 is 19.7 Å². The lowest BCUT2D eigenvalue weighted by Crippen LogP contribution is -2.29. The van der Waals surface area contributed by atoms with Crippen LogP contribution in [0.2, 0.25) is 5.02 Å². The first-order valence-electron chi connectivity index (χ1n) is 11.9. The number of anilines is 2. The second-order valence-electron chi connectivity index (χ2n) is 9.81. The maximum Gasteiger partial charge on any atom is 0.166 e. The second-order valence-corrected chi connectivity index (χ2v) is 11.0. The summed E-state index contributed by atoms with van der Waals surface area (Å²) >= 11 is 9.28. The molecule has 1 aromatic heterocycles. The van der Waals surface area contributed by atoms with E-state index in [1.54, 1.807) is 19.2 Å². The average Bonchev–Trinajstić information content (AvgIpc) is 3.42. The van der Waals surface area contributed by atoms with Gasteiger partial charge in [0.2, 0.25) is 0 Å². The van der Waals surface area contributed by atoms with Gasteiger partial charge >= 0.3 is 0 Å². The number of methoxy groups -OCH3 is 1. The number of ether oxygens (including phenoxy) is 2. The van der Waals surface area contributed by atoms with Crippen LogP contribution in [0.15, 0.2) is 35.1 Å². The first-order valence-corrected chi connectivity index (χ1v) is 13.1. The second kappa shape index (κ2) is 10.1. The number of hydrogen-bond acceptors (Lipinski definition) is 6. The molecule has 0 spiro atoms. The molecule has 0 bridgehead atoms. The summed E-state index contributed by atoms with van der Waals surface area (Å²) < 4.78 is 27.0. The summed E-state index contributed by atoms with van der Waals surface area (Å²) in [5.41, 5.74) is 0.901. The summed E-state index contributed by atoms with van der Waals surface area (Å²) in [6.45, 7) is 7.63. The van der Waals surface area contributed by atoms with Crippen molar-refractivity contribution in [3.8, 4) is 11.5 Å². The standard InChI is InChI=1S/C26H29BrClFN4O2/c1-14(2)33-10-16-6-15(7-17(16)11-33)12-35-23-9-21-18(8-22(23)34-3)26(31-13-30-21)32-20-5-4-19(27)24(28)25(20)29/h4-5,8-9,13-17H,6-7,10-12H2,1-3H3,(H,30,31,32)/t15-,16+,17-. The van der Waals surface area contributed by atoms with Crippen molar-refractivity contribution >= 4 is 49.9 Å². The number of fused-ring (bicyclic) bond motifs is 2. The van der Waals surface area contributed by atoms with E-state index >= 15 is 0 Å². The van der Waals surface area contributed by atoms with Crippen LogP contribution in [0.5, 0.6) is 11.5 Å². The van der Waals surface area contributed by atoms with Crippen molar-refractivity contribution in [1.29, 1.82) is 0 Å². The van der Waals surface area contributed by atoms with Crippen molar-refractivity contribution in [2.24, 2.45) is 17.8 Å². The minimum absolute atomic E-state index is 0.00888. The number of halogens is 3. The topological polar surface area (TPSA) is 59.5 Å². The van der Waals surface area contributed by atoms with Crippen LogP contribution >= 0.6 is 27.5 Å². The normalized spacial score (nSPS) is 22.1. The molecular formula is C26H29BrClFN4O2. The molecule has 1 saturated carbocycles. The maximum atomic E-state index is 14.6. The van der Waals surface area contributed by atoms with Crippen LogP contribution in [-0.4, -0.2) is 47.7 Å². The Morgan fingerprint density at radius 2 is 1.91 bits per heavy atom. The predicted molar refractivity (Wildman–Crippen MR) is 140 cm³/mol. The molecule has 2 fully saturated rings. The van der Waals surface area contributed by atoms with E-state index in [0.29, 0.717) is 51.3 Å². The lowest BCUT2D eigenvalue weighted by Gasteiger charge is -2.22. The van der Waals surface area contributed by atoms with Gasteiger partial charge in [-0.1, -0.05) is 11.6 Å². The molecule has 1 saturated heterocycles. The molecule has 35 heavy (non-hydrogen) atoms. The summed E-state index contributed by atoms with van der Waals surface area (Å²) in [6.07, 6.45) is 3.86. The lowest BCUT2D eigenvalue weighted by atomic mass is 10.0. The van der Waals surface area contributed by atoms with E-state index in [9.17, 15) is 4.39 Å². The Hall–Kier alpha value is -2.16. The Bertz CT molecular complexity index is 1230. The lowest BCUT2D eigenvalue weighted by molar-refractivity contribution is 0.209. The Kier molecular flexibility index (Phi) is 7.06. The number of benzene rings is 2. The zero-order valence-electron chi connectivity index (χ0n) is 20.0. The molecule has 2 aromatic carbocycles. The zero-order valence-corrected chi connectivity index (χ0v) is 22.4. The van der Waals surface area contributed by atoms with E-state index in [1.807, 2.05) is 12.1 Å². The largest absolute Gasteiger partial charge is 0.493 e. The molecule has 0 unspecified atom stereocenters. The van der Waals surface area contributed by atoms with Crippen LogP contribution < -0.4 is 14.8 Å². The van der Waals surface area contributed by atoms with E-state index in [0.717, 1.165) is 11.8 Å². The van der Waals surface area contributed by atoms with Crippen LogP contribution in [0.1, 0.15) is 26.7 Å². The molecule has 3 atom stereocenters. The van der Waals surface area contributed by atoms with Gasteiger partial charge in [-0.15, -0.1) is 0 Å². The molecule has 1 N–H and O–H groups in total. The quantitative estimate of drug-likeness (QED) is 0.324. The summed E-state index contributed by atoms with van der Waals surface area (Å²) in [7, 11) is 1.61. The molecule has 1 aliphatic carbocycles. The molecule has 2 heterocycles. The third-order valence-corrected chi connectivity index (χ3v) is 8.55. The molecule has 1 aliphatic heterocycles. The fraction of sp³-hybridized carbons (Fsp3) is 0.462. The highest BCUT2D eigenvalue weighted by molar-refractivity contribution is 9.10. The van der Waals surface area contributed by atoms with Crippen LogP contribution in [0.3, 0.4) is 0 Å². The van der Waals surface area contributed by atoms with Gasteiger partial charge in [0.15, 0.2) is 17.3 Å². The van der Waals surface area contributed by atoms with Gasteiger partial charge in [0, 0.05) is 35.1 Å². The van der Waals surface area contributed by atoms with Crippen molar-refractivity contribution in [3.63, 3.8) is 0 Å². The number of aromatic nitrogens is 2. The number of likely N-dealkylation sites (tertiary alicyclic amines) is 1. The van der Waals surface area contributed by atoms with E-state index in [2.05, 4.69) is 50.0 Å². The van der Waals surface area contributed by atoms with Gasteiger partial charge in [0.05, 0.1) is 29.9 Å². The summed E-state index contributed by atoms with van der Waals surface area (Å²) in [6, 6.07) is 7.60. The highest BCUT2D eigenvalue weighted by Gasteiger charge is 2.41. The van der Waals surface area contributed by atoms with Gasteiger partial charge in [0.1, 0.15) is 12.1 Å². The maximum absolute atomic E-state index is 14.6. The minimum Gasteiger partial charge on any atom is -0.493 e. The smallest absolute Gasteiger partial charge is 0.166 e. The third-order valence-electron chi connectivity index (χ3n) is 7.29. The van der Waals surface area contributed by atoms with Crippen LogP contribution in [0, 0.1) is 23.6 Å². The van der Waals surface area contributed by atoms with Crippen molar-refractivity contribution in [3.05, 3.63) is 45.9 Å². The Morgan fingerprint density at radius 1 is 1.17 bits per heavy atom. The summed E-state index contributed by atoms with van der Waals surface area (Å²) in [5, 5.41) is 3.74. The molecule has 2 aliphatic rings. The molecule has 186 valence electrons. The molecule has 9 heteroatoms. The first-order chi connectivity index (χ1) is 16.8. The van der Waals surface area contributed by atoms with Gasteiger partial charge in [-0.25, -0.2) is 14.4 Å². The number of nitrogens with zero attached hydrogens (tertiary/aromatic N) is 3. The number of hydrogen-bond donors (Lipinski definition) is 1. The zero-order chi connectivity index (χ0) is 24.7. The molecular weight excluding hydrogens is 535 g/mol. The van der Waals surface area contributed by atoms with Crippen LogP contribution in [-0.2, 0) is 0 Å². The Morgan fingerprint density at radius 3 is 2.60 bits per heavy atom. The van der Waals surface area contributed by atoms with Gasteiger partial charge in [-0.2, -0.15) is 0 Å². The van der Waals surface area contributed by atoms with Gasteiger partial charge in [0.25, 0.3) is 0 Å². The molecule has 5 rings (SSSR count). The van der Waals surface area contributed by atoms with Crippen molar-refractivity contribution < 1.29 is 13.9 Å². The Balaban J connectivity index is 1.32. The van der Waals surface area contributed by atoms with E-state index in [1.165, 1.54) is 32.3 Å². The highest BCUT2D eigenvalue weighted by atomic mass is 79.9. The summed E-state index contributed by atoms with van der Waals surface area (Å²) in [4.78, 5) is 11.3. The molecule has 6 nitrogen and oxygen atoms in total. The van der Waals surface area contributed by atoms with Crippen molar-refractivity contribution in [1.82, 2.24) is 14.9 Å². The fourth-order valence-electron chi connectivity index (χ4n) is 5.41. The Labute approximate surface area is 218 Å². The van der Waals surface area contributed by atoms with Gasteiger partial charge in [-0.3, -0.25) is 0 Å². The van der Waals surface area contributed by atoms with Crippen molar-refractivity contribution in [2.45, 2.75) is 32.7 Å². The fourth-order valence-corrected chi connectivity index (χ4v) is 5.88. The van der Waals surface area contributed by atoms with E-state index in [4.69, 9.17) is 21.1 Å². The first kappa shape index (κ1) is 24.5. The molecule has 0 amide bonds. The van der Waals surface area contributed by atoms with Crippen LogP contribution in [0.25, 0.3) is 10.9 Å². The molecule has 3 aromatic rings. The average molecular weight is 564 g/mol. The van der Waals surface area contributed by atoms with Crippen molar-refractivity contribution in [2.75, 3.05) is 32.1 Å². The van der Waals surface area contributed by atoms with Gasteiger partial charge in [-0.05, 0) is 78.6 Å². The monoisotopic (exact) mass is 562 g/mol. The summed E-state index contributed by atoms with van der Waals surface area (Å²) in [5.74, 6) is 3.24. The van der Waals surface area contributed by atoms with E-state index in [-0.39, 0.29) is 10.7 Å². The molecule has 0 radical (unpaired) electrons. The van der Waals surface area contributed by atoms with E-state index < -0.39 is 5.82 Å².